The molecule has 1 aliphatic rings. The number of carbonyl (C=O) groups is 1. The van der Waals surface area contributed by atoms with Gasteiger partial charge in [-0.05, 0) is 6.92 Å². The number of alkyl halides is 8. The summed E-state index contributed by atoms with van der Waals surface area (Å²) in [5.41, 5.74) is -7.92. The minimum absolute atomic E-state index is 0.478. The molecular weight excluding hydrogens is 468 g/mol. The van der Waals surface area contributed by atoms with E-state index >= 15 is 0 Å². The molecule has 29 heavy (non-hydrogen) atoms. The lowest BCUT2D eigenvalue weighted by molar-refractivity contribution is -0.234. The van der Waals surface area contributed by atoms with Crippen LogP contribution in [0.1, 0.15) is 29.5 Å². The van der Waals surface area contributed by atoms with Crippen LogP contribution < -0.4 is 0 Å². The lowest BCUT2D eigenvalue weighted by Crippen LogP contribution is -2.63. The summed E-state index contributed by atoms with van der Waals surface area (Å²) in [5.74, 6) is -24.6. The van der Waals surface area contributed by atoms with Gasteiger partial charge in [-0.3, -0.25) is 4.79 Å². The number of esters is 1. The predicted molar refractivity (Wildman–Crippen MR) is 78.5 cm³/mol. The molecule has 0 spiro atoms. The van der Waals surface area contributed by atoms with E-state index in [1.165, 1.54) is 6.92 Å². The van der Waals surface area contributed by atoms with Crippen molar-refractivity contribution < 1.29 is 49.0 Å². The second-order valence-electron chi connectivity index (χ2n) is 5.72. The maximum absolute atomic E-state index is 14.7. The molecule has 3 unspecified atom stereocenters. The van der Waals surface area contributed by atoms with Crippen LogP contribution in [0.4, 0.5) is 39.5 Å². The van der Waals surface area contributed by atoms with Gasteiger partial charge >= 0.3 is 28.1 Å². The van der Waals surface area contributed by atoms with Gasteiger partial charge in [0, 0.05) is 0 Å². The molecule has 0 saturated heterocycles. The van der Waals surface area contributed by atoms with Gasteiger partial charge in [0.2, 0.25) is 0 Å². The van der Waals surface area contributed by atoms with E-state index in [0.717, 1.165) is 6.07 Å². The third-order valence-electron chi connectivity index (χ3n) is 4.11. The Kier molecular flexibility index (Phi) is 5.52. The van der Waals surface area contributed by atoms with Crippen LogP contribution in [0, 0.1) is 28.8 Å². The molecule has 14 heteroatoms. The molecule has 0 heterocycles. The molecule has 1 aromatic carbocycles. The minimum Gasteiger partial charge on any atom is -0.465 e. The van der Waals surface area contributed by atoms with Gasteiger partial charge in [-0.15, -0.1) is 0 Å². The van der Waals surface area contributed by atoms with Crippen molar-refractivity contribution in [3.05, 3.63) is 34.1 Å². The third kappa shape index (κ3) is 2.77. The first-order chi connectivity index (χ1) is 13.0. The van der Waals surface area contributed by atoms with Gasteiger partial charge in [0.1, 0.15) is 5.82 Å². The zero-order valence-electron chi connectivity index (χ0n) is 13.7. The highest BCUT2D eigenvalue weighted by molar-refractivity contribution is 6.34. The van der Waals surface area contributed by atoms with Crippen LogP contribution >= 0.6 is 23.2 Å². The van der Waals surface area contributed by atoms with Gasteiger partial charge in [0.05, 0.1) is 29.4 Å². The SMILES string of the molecule is CCOC(=O)C(C#N)c1c(F)c(F)c2c(c1F)C(F)(F)C(F)(Cl)C(F)(Cl)C2(F)F. The lowest BCUT2D eigenvalue weighted by atomic mass is 9.79. The third-order valence-corrected chi connectivity index (χ3v) is 5.20. The maximum atomic E-state index is 14.7. The lowest BCUT2D eigenvalue weighted by Gasteiger charge is -2.45. The summed E-state index contributed by atoms with van der Waals surface area (Å²) in [6.45, 7) is 0.696. The molecule has 0 bridgehead atoms. The topological polar surface area (TPSA) is 50.1 Å². The number of benzene rings is 1. The highest BCUT2D eigenvalue weighted by Crippen LogP contribution is 2.67. The molecule has 0 fully saturated rings. The number of hydrogen-bond acceptors (Lipinski definition) is 3. The Balaban J connectivity index is 3.04. The van der Waals surface area contributed by atoms with Crippen LogP contribution in [0.5, 0.6) is 0 Å². The van der Waals surface area contributed by atoms with Gasteiger partial charge in [0.25, 0.3) is 0 Å². The number of carbonyl (C=O) groups excluding carboxylic acids is 1. The number of fused-ring (bicyclic) bond motifs is 1. The van der Waals surface area contributed by atoms with Crippen molar-refractivity contribution in [2.75, 3.05) is 6.61 Å². The first kappa shape index (κ1) is 23.4. The monoisotopic (exact) mass is 473 g/mol. The fourth-order valence-corrected chi connectivity index (χ4v) is 3.12. The summed E-state index contributed by atoms with van der Waals surface area (Å²) >= 11 is 9.09. The number of halogens is 11. The van der Waals surface area contributed by atoms with Crippen molar-refractivity contribution in [1.82, 2.24) is 0 Å². The predicted octanol–water partition coefficient (Wildman–Crippen LogP) is 5.28. The average molecular weight is 474 g/mol. The number of nitriles is 1. The van der Waals surface area contributed by atoms with Crippen molar-refractivity contribution in [3.63, 3.8) is 0 Å². The van der Waals surface area contributed by atoms with Gasteiger partial charge in [-0.25, -0.2) is 22.0 Å². The molecule has 0 aliphatic heterocycles. The molecular formula is C15H6Cl2F9NO2. The van der Waals surface area contributed by atoms with Crippen LogP contribution in [0.15, 0.2) is 0 Å². The summed E-state index contributed by atoms with van der Waals surface area (Å²) < 4.78 is 133. The van der Waals surface area contributed by atoms with Gasteiger partial charge in [-0.2, -0.15) is 22.8 Å². The molecule has 0 radical (unpaired) electrons. The smallest absolute Gasteiger partial charge is 0.328 e. The fourth-order valence-electron chi connectivity index (χ4n) is 2.69. The van der Waals surface area contributed by atoms with Crippen molar-refractivity contribution >= 4 is 29.2 Å². The Morgan fingerprint density at radius 2 is 1.38 bits per heavy atom. The first-order valence-corrected chi connectivity index (χ1v) is 8.08. The second-order valence-corrected chi connectivity index (χ2v) is 6.76. The number of nitrogens with zero attached hydrogens (tertiary/aromatic N) is 1. The zero-order chi connectivity index (χ0) is 22.7. The molecule has 1 aromatic rings. The number of rotatable bonds is 3. The van der Waals surface area contributed by atoms with Gasteiger partial charge in [-0.1, -0.05) is 23.2 Å². The Hall–Kier alpha value is -1.87. The van der Waals surface area contributed by atoms with E-state index in [2.05, 4.69) is 27.9 Å². The van der Waals surface area contributed by atoms with Gasteiger partial charge < -0.3 is 4.74 Å². The summed E-state index contributed by atoms with van der Waals surface area (Å²) in [7, 11) is 0. The molecule has 0 saturated carbocycles. The summed E-state index contributed by atoms with van der Waals surface area (Å²) in [6, 6.07) is 0.923. The Morgan fingerprint density at radius 1 is 0.966 bits per heavy atom. The van der Waals surface area contributed by atoms with Crippen LogP contribution in [-0.2, 0) is 21.4 Å². The van der Waals surface area contributed by atoms with E-state index in [9.17, 15) is 44.3 Å². The molecule has 0 amide bonds. The van der Waals surface area contributed by atoms with E-state index in [1.807, 2.05) is 0 Å². The normalized spacial score (nSPS) is 28.2. The maximum Gasteiger partial charge on any atom is 0.328 e. The van der Waals surface area contributed by atoms with E-state index in [0.29, 0.717) is 0 Å². The standard InChI is InChI=1S/C15H6Cl2F9NO2/c1-2-29-11(28)4(3-27)5-8(18)6-7(10(20)9(5)19)13(23,24)15(17,26)14(16,25)12(6,21)22/h4H,2H2,1H3. The minimum atomic E-state index is -5.81. The first-order valence-electron chi connectivity index (χ1n) is 7.32. The summed E-state index contributed by atoms with van der Waals surface area (Å²) in [5, 5.41) is -2.18. The van der Waals surface area contributed by atoms with Gasteiger partial charge in [0.15, 0.2) is 17.6 Å². The molecule has 2 rings (SSSR count). The van der Waals surface area contributed by atoms with Crippen molar-refractivity contribution in [1.29, 1.82) is 5.26 Å². The zero-order valence-corrected chi connectivity index (χ0v) is 15.2. The molecule has 3 nitrogen and oxygen atoms in total. The summed E-state index contributed by atoms with van der Waals surface area (Å²) in [6.07, 6.45) is 0. The quantitative estimate of drug-likeness (QED) is 0.259. The Morgan fingerprint density at radius 3 is 1.76 bits per heavy atom. The second kappa shape index (κ2) is 6.84. The van der Waals surface area contributed by atoms with E-state index in [4.69, 9.17) is 5.26 Å². The fraction of sp³-hybridized carbons (Fsp3) is 0.467. The average Bonchev–Trinajstić information content (AvgIpc) is 2.59. The highest BCUT2D eigenvalue weighted by atomic mass is 35.5. The largest absolute Gasteiger partial charge is 0.465 e. The molecule has 160 valence electrons. The molecule has 3 atom stereocenters. The van der Waals surface area contributed by atoms with Crippen molar-refractivity contribution in [2.24, 2.45) is 0 Å². The van der Waals surface area contributed by atoms with Crippen LogP contribution in [0.25, 0.3) is 0 Å². The van der Waals surface area contributed by atoms with Crippen LogP contribution in [0.2, 0.25) is 0 Å². The summed E-state index contributed by atoms with van der Waals surface area (Å²) in [4.78, 5) is 11.7. The number of hydrogen-bond donors (Lipinski definition) is 0. The van der Waals surface area contributed by atoms with Crippen molar-refractivity contribution in [3.8, 4) is 6.07 Å². The van der Waals surface area contributed by atoms with E-state index in [-0.39, 0.29) is 0 Å². The van der Waals surface area contributed by atoms with E-state index < -0.39 is 74.7 Å². The van der Waals surface area contributed by atoms with Crippen LogP contribution in [0.3, 0.4) is 0 Å². The molecule has 0 aromatic heterocycles. The molecule has 1 aliphatic carbocycles. The molecule has 0 N–H and O–H groups in total. The highest BCUT2D eigenvalue weighted by Gasteiger charge is 2.83. The van der Waals surface area contributed by atoms with Crippen LogP contribution in [-0.4, -0.2) is 22.8 Å². The Bertz CT molecular complexity index is 928. The van der Waals surface area contributed by atoms with E-state index in [1.54, 1.807) is 0 Å². The van der Waals surface area contributed by atoms with Crippen molar-refractivity contribution in [2.45, 2.75) is 34.9 Å². The Labute approximate surface area is 165 Å². The number of ether oxygens (including phenoxy) is 1.